The van der Waals surface area contributed by atoms with Crippen molar-refractivity contribution in [2.45, 2.75) is 6.42 Å². The van der Waals surface area contributed by atoms with Crippen LogP contribution in [0.4, 0.5) is 11.4 Å². The van der Waals surface area contributed by atoms with Crippen LogP contribution in [0.25, 0.3) is 0 Å². The van der Waals surface area contributed by atoms with E-state index in [0.29, 0.717) is 6.41 Å². The van der Waals surface area contributed by atoms with Gasteiger partial charge in [-0.1, -0.05) is 0 Å². The zero-order chi connectivity index (χ0) is 14.4. The van der Waals surface area contributed by atoms with Gasteiger partial charge < -0.3 is 14.7 Å². The lowest BCUT2D eigenvalue weighted by molar-refractivity contribution is -0.385. The number of carbonyl (C=O) groups excluding carboxylic acids is 1. The molecule has 1 N–H and O–H groups in total. The molecule has 0 aliphatic rings. The van der Waals surface area contributed by atoms with E-state index < -0.39 is 10.9 Å². The molecule has 0 saturated carbocycles. The van der Waals surface area contributed by atoms with Gasteiger partial charge in [0.25, 0.3) is 0 Å². The Hall–Kier alpha value is -2.64. The van der Waals surface area contributed by atoms with Gasteiger partial charge in [0.2, 0.25) is 6.41 Å². The molecule has 102 valence electrons. The lowest BCUT2D eigenvalue weighted by Gasteiger charge is -2.16. The fraction of sp³-hybridized carbons (Fsp3) is 0.273. The van der Waals surface area contributed by atoms with E-state index in [0.717, 1.165) is 11.0 Å². The quantitative estimate of drug-likeness (QED) is 0.449. The minimum absolute atomic E-state index is 0.0671. The van der Waals surface area contributed by atoms with E-state index in [1.165, 1.54) is 19.2 Å². The Morgan fingerprint density at radius 3 is 2.74 bits per heavy atom. The van der Waals surface area contributed by atoms with Crippen molar-refractivity contribution in [3.63, 3.8) is 0 Å². The molecule has 1 aromatic rings. The molecule has 0 heterocycles. The standard InChI is InChI=1S/C11H12N2O6/c1-19-10-3-2-8(6-9(10)13(17)18)12(7-14)5-4-11(15)16/h2-3,6-7H,4-5H2,1H3,(H,15,16). The first-order chi connectivity index (χ1) is 8.99. The first kappa shape index (κ1) is 14.4. The predicted molar refractivity (Wildman–Crippen MR) is 65.3 cm³/mol. The van der Waals surface area contributed by atoms with Crippen LogP contribution in [0.3, 0.4) is 0 Å². The summed E-state index contributed by atoms with van der Waals surface area (Å²) in [5.74, 6) is -0.993. The topological polar surface area (TPSA) is 110 Å². The SMILES string of the molecule is COc1ccc(N(C=O)CCC(=O)O)cc1[N+](=O)[O-]. The first-order valence-electron chi connectivity index (χ1n) is 5.25. The number of nitro groups is 1. The number of carboxylic acids is 1. The molecule has 19 heavy (non-hydrogen) atoms. The van der Waals surface area contributed by atoms with E-state index in [1.54, 1.807) is 0 Å². The maximum Gasteiger partial charge on any atom is 0.312 e. The second kappa shape index (κ2) is 6.34. The van der Waals surface area contributed by atoms with Crippen molar-refractivity contribution >= 4 is 23.8 Å². The number of nitro benzene ring substituents is 1. The van der Waals surface area contributed by atoms with Gasteiger partial charge in [0.1, 0.15) is 0 Å². The molecule has 0 aliphatic heterocycles. The molecule has 0 fully saturated rings. The number of benzene rings is 1. The number of amides is 1. The number of aliphatic carboxylic acids is 1. The molecule has 0 aliphatic carbocycles. The highest BCUT2D eigenvalue weighted by molar-refractivity contribution is 5.78. The van der Waals surface area contributed by atoms with E-state index in [2.05, 4.69) is 0 Å². The van der Waals surface area contributed by atoms with Gasteiger partial charge >= 0.3 is 11.7 Å². The Morgan fingerprint density at radius 2 is 2.26 bits per heavy atom. The summed E-state index contributed by atoms with van der Waals surface area (Å²) >= 11 is 0. The number of ether oxygens (including phenoxy) is 1. The molecule has 1 aromatic carbocycles. The molecule has 0 atom stereocenters. The Balaban J connectivity index is 3.04. The summed E-state index contributed by atoms with van der Waals surface area (Å²) in [5.41, 5.74) is -0.0501. The van der Waals surface area contributed by atoms with Crippen molar-refractivity contribution < 1.29 is 24.4 Å². The number of methoxy groups -OCH3 is 1. The van der Waals surface area contributed by atoms with Crippen LogP contribution < -0.4 is 9.64 Å². The molecule has 0 saturated heterocycles. The van der Waals surface area contributed by atoms with E-state index in [9.17, 15) is 19.7 Å². The van der Waals surface area contributed by atoms with Crippen molar-refractivity contribution in [1.29, 1.82) is 0 Å². The van der Waals surface area contributed by atoms with Crippen LogP contribution in [-0.2, 0) is 9.59 Å². The Morgan fingerprint density at radius 1 is 1.58 bits per heavy atom. The van der Waals surface area contributed by atoms with Crippen molar-refractivity contribution in [2.75, 3.05) is 18.6 Å². The second-order valence-electron chi connectivity index (χ2n) is 3.56. The van der Waals surface area contributed by atoms with Gasteiger partial charge in [-0.05, 0) is 12.1 Å². The summed E-state index contributed by atoms with van der Waals surface area (Å²) in [4.78, 5) is 32.6. The molecule has 0 aromatic heterocycles. The summed E-state index contributed by atoms with van der Waals surface area (Å²) < 4.78 is 4.83. The first-order valence-corrected chi connectivity index (χ1v) is 5.25. The van der Waals surface area contributed by atoms with Crippen LogP contribution >= 0.6 is 0 Å². The molecular weight excluding hydrogens is 256 g/mol. The number of nitrogens with zero attached hydrogens (tertiary/aromatic N) is 2. The summed E-state index contributed by atoms with van der Waals surface area (Å²) in [6, 6.07) is 3.96. The summed E-state index contributed by atoms with van der Waals surface area (Å²) in [6.07, 6.45) is 0.174. The number of hydrogen-bond acceptors (Lipinski definition) is 5. The minimum atomic E-state index is -1.06. The predicted octanol–water partition coefficient (Wildman–Crippen LogP) is 1.04. The maximum atomic E-state index is 10.9. The van der Waals surface area contributed by atoms with Crippen molar-refractivity contribution in [3.8, 4) is 5.75 Å². The smallest absolute Gasteiger partial charge is 0.312 e. The second-order valence-corrected chi connectivity index (χ2v) is 3.56. The largest absolute Gasteiger partial charge is 0.490 e. The lowest BCUT2D eigenvalue weighted by Crippen LogP contribution is -2.24. The third-order valence-corrected chi connectivity index (χ3v) is 2.38. The van der Waals surface area contributed by atoms with Gasteiger partial charge in [0, 0.05) is 12.6 Å². The summed E-state index contributed by atoms with van der Waals surface area (Å²) in [5, 5.41) is 19.4. The van der Waals surface area contributed by atoms with E-state index in [1.807, 2.05) is 0 Å². The molecular formula is C11H12N2O6. The molecule has 0 radical (unpaired) electrons. The highest BCUT2D eigenvalue weighted by Crippen LogP contribution is 2.31. The molecule has 8 heteroatoms. The number of carboxylic acid groups (broad SMARTS) is 1. The molecule has 1 rings (SSSR count). The molecule has 0 spiro atoms. The Labute approximate surface area is 108 Å². The number of carbonyl (C=O) groups is 2. The number of anilines is 1. The van der Waals surface area contributed by atoms with Gasteiger partial charge in [-0.3, -0.25) is 19.7 Å². The average molecular weight is 268 g/mol. The van der Waals surface area contributed by atoms with Gasteiger partial charge in [0.15, 0.2) is 5.75 Å². The Bertz CT molecular complexity index is 502. The van der Waals surface area contributed by atoms with Crippen LogP contribution in [0.1, 0.15) is 6.42 Å². The minimum Gasteiger partial charge on any atom is -0.490 e. The molecule has 0 unspecified atom stereocenters. The Kier molecular flexibility index (Phi) is 4.81. The van der Waals surface area contributed by atoms with Crippen molar-refractivity contribution in [3.05, 3.63) is 28.3 Å². The normalized spacial score (nSPS) is 9.74. The van der Waals surface area contributed by atoms with Crippen LogP contribution in [0.15, 0.2) is 18.2 Å². The fourth-order valence-electron chi connectivity index (χ4n) is 1.46. The molecule has 1 amide bonds. The van der Waals surface area contributed by atoms with Gasteiger partial charge in [0.05, 0.1) is 24.1 Å². The lowest BCUT2D eigenvalue weighted by atomic mass is 10.2. The van der Waals surface area contributed by atoms with E-state index >= 15 is 0 Å². The van der Waals surface area contributed by atoms with Gasteiger partial charge in [-0.2, -0.15) is 0 Å². The number of rotatable bonds is 7. The fourth-order valence-corrected chi connectivity index (χ4v) is 1.46. The third-order valence-electron chi connectivity index (χ3n) is 2.38. The third kappa shape index (κ3) is 3.66. The monoisotopic (exact) mass is 268 g/mol. The van der Waals surface area contributed by atoms with Crippen LogP contribution in [-0.4, -0.2) is 36.1 Å². The summed E-state index contributed by atoms with van der Waals surface area (Å²) in [7, 11) is 1.30. The number of hydrogen-bond donors (Lipinski definition) is 1. The van der Waals surface area contributed by atoms with Gasteiger partial charge in [-0.15, -0.1) is 0 Å². The highest BCUT2D eigenvalue weighted by Gasteiger charge is 2.18. The molecule has 8 nitrogen and oxygen atoms in total. The van der Waals surface area contributed by atoms with Crippen molar-refractivity contribution in [1.82, 2.24) is 0 Å². The zero-order valence-corrected chi connectivity index (χ0v) is 10.1. The van der Waals surface area contributed by atoms with E-state index in [4.69, 9.17) is 9.84 Å². The maximum absolute atomic E-state index is 10.9. The average Bonchev–Trinajstić information content (AvgIpc) is 2.38. The summed E-state index contributed by atoms with van der Waals surface area (Å²) in [6.45, 7) is -0.0671. The van der Waals surface area contributed by atoms with Crippen molar-refractivity contribution in [2.24, 2.45) is 0 Å². The van der Waals surface area contributed by atoms with Crippen LogP contribution in [0.2, 0.25) is 0 Å². The van der Waals surface area contributed by atoms with Gasteiger partial charge in [-0.25, -0.2) is 0 Å². The molecule has 0 bridgehead atoms. The highest BCUT2D eigenvalue weighted by atomic mass is 16.6. The van der Waals surface area contributed by atoms with Crippen LogP contribution in [0, 0.1) is 10.1 Å². The zero-order valence-electron chi connectivity index (χ0n) is 10.1. The van der Waals surface area contributed by atoms with E-state index in [-0.39, 0.29) is 30.1 Å². The van der Waals surface area contributed by atoms with Crippen LogP contribution in [0.5, 0.6) is 5.75 Å².